The van der Waals surface area contributed by atoms with Crippen molar-refractivity contribution in [2.75, 3.05) is 31.6 Å². The first-order valence-electron chi connectivity index (χ1n) is 7.84. The quantitative estimate of drug-likeness (QED) is 0.917. The van der Waals surface area contributed by atoms with Crippen LogP contribution in [0.4, 0.5) is 5.69 Å². The first kappa shape index (κ1) is 13.9. The third-order valence-electron chi connectivity index (χ3n) is 5.55. The van der Waals surface area contributed by atoms with Crippen molar-refractivity contribution in [2.45, 2.75) is 44.7 Å². The van der Waals surface area contributed by atoms with E-state index in [1.54, 1.807) is 0 Å². The third kappa shape index (κ3) is 1.95. The van der Waals surface area contributed by atoms with Gasteiger partial charge in [0.15, 0.2) is 0 Å². The zero-order valence-electron chi connectivity index (χ0n) is 13.0. The van der Waals surface area contributed by atoms with Crippen molar-refractivity contribution < 1.29 is 0 Å². The molecule has 0 spiro atoms. The Hall–Kier alpha value is -1.06. The second-order valence-electron chi connectivity index (χ2n) is 6.60. The molecule has 110 valence electrons. The molecule has 3 rings (SSSR count). The maximum absolute atomic E-state index is 6.27. The molecule has 2 atom stereocenters. The molecule has 2 fully saturated rings. The van der Waals surface area contributed by atoms with Crippen LogP contribution in [0.5, 0.6) is 0 Å². The lowest BCUT2D eigenvalue weighted by Gasteiger charge is -2.44. The minimum Gasteiger partial charge on any atom is -0.366 e. The van der Waals surface area contributed by atoms with E-state index in [4.69, 9.17) is 5.73 Å². The summed E-state index contributed by atoms with van der Waals surface area (Å²) in [7, 11) is 2.24. The molecule has 3 nitrogen and oxygen atoms in total. The summed E-state index contributed by atoms with van der Waals surface area (Å²) in [4.78, 5) is 5.13. The van der Waals surface area contributed by atoms with Crippen LogP contribution in [0.15, 0.2) is 18.2 Å². The van der Waals surface area contributed by atoms with Crippen LogP contribution < -0.4 is 10.6 Å². The molecule has 2 heterocycles. The predicted molar refractivity (Wildman–Crippen MR) is 85.3 cm³/mol. The summed E-state index contributed by atoms with van der Waals surface area (Å²) >= 11 is 0. The van der Waals surface area contributed by atoms with Gasteiger partial charge >= 0.3 is 0 Å². The standard InChI is InChI=1S/C17H27N3/c1-13-6-7-15(14(2)11-13)19(3)17(12-18)8-10-20-9-4-5-16(17)20/h6-7,11,16H,4-5,8-10,12,18H2,1-3H3. The lowest BCUT2D eigenvalue weighted by molar-refractivity contribution is 0.262. The van der Waals surface area contributed by atoms with E-state index in [1.807, 2.05) is 0 Å². The van der Waals surface area contributed by atoms with E-state index in [1.165, 1.54) is 49.2 Å². The van der Waals surface area contributed by atoms with Gasteiger partial charge in [0.05, 0.1) is 5.54 Å². The second-order valence-corrected chi connectivity index (χ2v) is 6.60. The van der Waals surface area contributed by atoms with Crippen molar-refractivity contribution in [3.8, 4) is 0 Å². The van der Waals surface area contributed by atoms with Crippen LogP contribution in [-0.2, 0) is 0 Å². The van der Waals surface area contributed by atoms with Gasteiger partial charge in [-0.3, -0.25) is 4.90 Å². The number of rotatable bonds is 3. The number of fused-ring (bicyclic) bond motifs is 1. The summed E-state index contributed by atoms with van der Waals surface area (Å²) in [5, 5.41) is 0. The Morgan fingerprint density at radius 2 is 2.15 bits per heavy atom. The maximum atomic E-state index is 6.27. The number of benzene rings is 1. The Kier molecular flexibility index (Phi) is 3.51. The molecular formula is C17H27N3. The van der Waals surface area contributed by atoms with Crippen molar-refractivity contribution in [3.63, 3.8) is 0 Å². The normalized spacial score (nSPS) is 29.7. The van der Waals surface area contributed by atoms with Gasteiger partial charge in [-0.25, -0.2) is 0 Å². The molecule has 2 N–H and O–H groups in total. The molecule has 0 aliphatic carbocycles. The molecule has 1 aromatic carbocycles. The van der Waals surface area contributed by atoms with Crippen LogP contribution in [-0.4, -0.2) is 43.2 Å². The van der Waals surface area contributed by atoms with Gasteiger partial charge in [0, 0.05) is 31.9 Å². The van der Waals surface area contributed by atoms with Crippen molar-refractivity contribution in [1.29, 1.82) is 0 Å². The van der Waals surface area contributed by atoms with Crippen molar-refractivity contribution in [3.05, 3.63) is 29.3 Å². The highest BCUT2D eigenvalue weighted by atomic mass is 15.3. The molecule has 3 heteroatoms. The molecule has 2 aliphatic heterocycles. The zero-order valence-corrected chi connectivity index (χ0v) is 13.0. The average molecular weight is 273 g/mol. The summed E-state index contributed by atoms with van der Waals surface area (Å²) in [6.45, 7) is 7.58. The van der Waals surface area contributed by atoms with E-state index in [0.717, 1.165) is 6.54 Å². The Labute approximate surface area is 122 Å². The number of likely N-dealkylation sites (N-methyl/N-ethyl adjacent to an activating group) is 1. The number of hydrogen-bond acceptors (Lipinski definition) is 3. The molecule has 20 heavy (non-hydrogen) atoms. The number of aryl methyl sites for hydroxylation is 2. The molecule has 0 radical (unpaired) electrons. The van der Waals surface area contributed by atoms with E-state index in [0.29, 0.717) is 6.04 Å². The average Bonchev–Trinajstić information content (AvgIpc) is 3.00. The van der Waals surface area contributed by atoms with E-state index in [2.05, 4.69) is 48.9 Å². The van der Waals surface area contributed by atoms with Gasteiger partial charge in [-0.1, -0.05) is 17.7 Å². The van der Waals surface area contributed by atoms with Crippen molar-refractivity contribution in [2.24, 2.45) is 5.73 Å². The van der Waals surface area contributed by atoms with Gasteiger partial charge < -0.3 is 10.6 Å². The zero-order chi connectivity index (χ0) is 14.3. The first-order chi connectivity index (χ1) is 9.58. The van der Waals surface area contributed by atoms with Crippen LogP contribution in [0.3, 0.4) is 0 Å². The topological polar surface area (TPSA) is 32.5 Å². The van der Waals surface area contributed by atoms with Crippen molar-refractivity contribution in [1.82, 2.24) is 4.90 Å². The molecule has 0 aromatic heterocycles. The van der Waals surface area contributed by atoms with E-state index in [-0.39, 0.29) is 5.54 Å². The minimum absolute atomic E-state index is 0.122. The summed E-state index contributed by atoms with van der Waals surface area (Å²) < 4.78 is 0. The predicted octanol–water partition coefficient (Wildman–Crippen LogP) is 2.31. The molecular weight excluding hydrogens is 246 g/mol. The Morgan fingerprint density at radius 1 is 1.35 bits per heavy atom. The highest BCUT2D eigenvalue weighted by molar-refractivity contribution is 5.56. The van der Waals surface area contributed by atoms with Crippen LogP contribution >= 0.6 is 0 Å². The van der Waals surface area contributed by atoms with E-state index >= 15 is 0 Å². The van der Waals surface area contributed by atoms with Gasteiger partial charge in [0.1, 0.15) is 0 Å². The fraction of sp³-hybridized carbons (Fsp3) is 0.647. The molecule has 2 aliphatic rings. The monoisotopic (exact) mass is 273 g/mol. The summed E-state index contributed by atoms with van der Waals surface area (Å²) in [6, 6.07) is 7.39. The molecule has 2 saturated heterocycles. The Bertz CT molecular complexity index is 499. The van der Waals surface area contributed by atoms with Crippen LogP contribution in [0.25, 0.3) is 0 Å². The second kappa shape index (κ2) is 5.05. The number of hydrogen-bond donors (Lipinski definition) is 1. The van der Waals surface area contributed by atoms with E-state index < -0.39 is 0 Å². The molecule has 1 aromatic rings. The Morgan fingerprint density at radius 3 is 2.85 bits per heavy atom. The third-order valence-corrected chi connectivity index (χ3v) is 5.55. The maximum Gasteiger partial charge on any atom is 0.0687 e. The fourth-order valence-electron chi connectivity index (χ4n) is 4.39. The highest BCUT2D eigenvalue weighted by Crippen LogP contribution is 2.41. The summed E-state index contributed by atoms with van der Waals surface area (Å²) in [6.07, 6.45) is 3.82. The first-order valence-corrected chi connectivity index (χ1v) is 7.84. The minimum atomic E-state index is 0.122. The molecule has 0 bridgehead atoms. The van der Waals surface area contributed by atoms with Gasteiger partial charge in [0.2, 0.25) is 0 Å². The van der Waals surface area contributed by atoms with Gasteiger partial charge in [-0.2, -0.15) is 0 Å². The van der Waals surface area contributed by atoms with E-state index in [9.17, 15) is 0 Å². The van der Waals surface area contributed by atoms with Gasteiger partial charge in [-0.05, 0) is 51.3 Å². The molecule has 0 amide bonds. The summed E-state index contributed by atoms with van der Waals surface area (Å²) in [5.74, 6) is 0. The SMILES string of the molecule is Cc1ccc(N(C)C2(CN)CCN3CCCC32)c(C)c1. The van der Waals surface area contributed by atoms with Crippen molar-refractivity contribution >= 4 is 5.69 Å². The number of anilines is 1. The number of nitrogens with two attached hydrogens (primary N) is 1. The lowest BCUT2D eigenvalue weighted by atomic mass is 9.86. The van der Waals surface area contributed by atoms with Crippen LogP contribution in [0, 0.1) is 13.8 Å². The Balaban J connectivity index is 1.96. The summed E-state index contributed by atoms with van der Waals surface area (Å²) in [5.41, 5.74) is 10.4. The van der Waals surface area contributed by atoms with Gasteiger partial charge in [-0.15, -0.1) is 0 Å². The van der Waals surface area contributed by atoms with Crippen LogP contribution in [0.2, 0.25) is 0 Å². The highest BCUT2D eigenvalue weighted by Gasteiger charge is 2.50. The lowest BCUT2D eigenvalue weighted by Crippen LogP contribution is -2.59. The van der Waals surface area contributed by atoms with Crippen LogP contribution in [0.1, 0.15) is 30.4 Å². The van der Waals surface area contributed by atoms with Gasteiger partial charge in [0.25, 0.3) is 0 Å². The fourth-order valence-corrected chi connectivity index (χ4v) is 4.39. The smallest absolute Gasteiger partial charge is 0.0687 e. The molecule has 2 unspecified atom stereocenters. The number of nitrogens with zero attached hydrogens (tertiary/aromatic N) is 2. The largest absolute Gasteiger partial charge is 0.366 e. The molecule has 0 saturated carbocycles.